The first kappa shape index (κ1) is 16.5. The Morgan fingerprint density at radius 1 is 0.913 bits per heavy atom. The van der Waals surface area contributed by atoms with Crippen LogP contribution in [0.25, 0.3) is 11.1 Å². The van der Waals surface area contributed by atoms with Gasteiger partial charge >= 0.3 is 0 Å². The lowest BCUT2D eigenvalue weighted by Crippen LogP contribution is -2.41. The zero-order valence-corrected chi connectivity index (χ0v) is 14.4. The standard InChI is InChI=1S/C20H24N2.ClH/c1-14(21)15-10-12-22(13-11-15)20-18-8-4-2-6-16(18)17-7-3-5-9-19(17)20;/h2-9,14-15,20H,10-13,21H2,1H3;1H. The number of halogens is 1. The summed E-state index contributed by atoms with van der Waals surface area (Å²) in [4.78, 5) is 2.66. The van der Waals surface area contributed by atoms with Gasteiger partial charge in [-0.15, -0.1) is 12.4 Å². The Bertz CT molecular complexity index is 629. The zero-order valence-electron chi connectivity index (χ0n) is 13.6. The smallest absolute Gasteiger partial charge is 0.0614 e. The fourth-order valence-corrected chi connectivity index (χ4v) is 4.23. The van der Waals surface area contributed by atoms with Gasteiger partial charge in [0.1, 0.15) is 0 Å². The van der Waals surface area contributed by atoms with Crippen molar-refractivity contribution in [3.8, 4) is 11.1 Å². The molecule has 0 radical (unpaired) electrons. The van der Waals surface area contributed by atoms with E-state index in [0.29, 0.717) is 18.0 Å². The largest absolute Gasteiger partial charge is 0.328 e. The van der Waals surface area contributed by atoms with Crippen LogP contribution in [0, 0.1) is 5.92 Å². The number of hydrogen-bond donors (Lipinski definition) is 1. The molecule has 23 heavy (non-hydrogen) atoms. The molecule has 0 spiro atoms. The molecule has 0 bridgehead atoms. The Balaban J connectivity index is 0.00000156. The van der Waals surface area contributed by atoms with Gasteiger partial charge in [-0.1, -0.05) is 48.5 Å². The van der Waals surface area contributed by atoms with Crippen molar-refractivity contribution in [2.75, 3.05) is 13.1 Å². The summed E-state index contributed by atoms with van der Waals surface area (Å²) in [5.74, 6) is 0.683. The molecule has 122 valence electrons. The van der Waals surface area contributed by atoms with Crippen LogP contribution in [0.3, 0.4) is 0 Å². The lowest BCUT2D eigenvalue weighted by molar-refractivity contribution is 0.144. The first-order chi connectivity index (χ1) is 10.8. The van der Waals surface area contributed by atoms with Crippen LogP contribution in [0.5, 0.6) is 0 Å². The molecular weight excluding hydrogens is 304 g/mol. The average Bonchev–Trinajstić information content (AvgIpc) is 2.89. The van der Waals surface area contributed by atoms with Crippen LogP contribution in [-0.4, -0.2) is 24.0 Å². The van der Waals surface area contributed by atoms with Crippen molar-refractivity contribution in [1.82, 2.24) is 4.90 Å². The molecule has 2 N–H and O–H groups in total. The van der Waals surface area contributed by atoms with Crippen LogP contribution in [0.15, 0.2) is 48.5 Å². The minimum atomic E-state index is 0. The summed E-state index contributed by atoms with van der Waals surface area (Å²) in [6.45, 7) is 4.46. The molecule has 3 heteroatoms. The summed E-state index contributed by atoms with van der Waals surface area (Å²) in [5.41, 5.74) is 11.9. The fraction of sp³-hybridized carbons (Fsp3) is 0.400. The summed E-state index contributed by atoms with van der Waals surface area (Å²) in [5, 5.41) is 0. The van der Waals surface area contributed by atoms with E-state index in [-0.39, 0.29) is 12.4 Å². The maximum atomic E-state index is 6.10. The van der Waals surface area contributed by atoms with Gasteiger partial charge in [-0.25, -0.2) is 0 Å². The van der Waals surface area contributed by atoms with Gasteiger partial charge in [-0.2, -0.15) is 0 Å². The van der Waals surface area contributed by atoms with Crippen LogP contribution < -0.4 is 5.73 Å². The third-order valence-corrected chi connectivity index (χ3v) is 5.48. The first-order valence-electron chi connectivity index (χ1n) is 8.43. The normalized spacial score (nSPS) is 19.7. The number of likely N-dealkylation sites (tertiary alicyclic amines) is 1. The van der Waals surface area contributed by atoms with Crippen molar-refractivity contribution < 1.29 is 0 Å². The Labute approximate surface area is 145 Å². The second-order valence-electron chi connectivity index (χ2n) is 6.81. The molecule has 1 fully saturated rings. The van der Waals surface area contributed by atoms with E-state index in [1.807, 2.05) is 0 Å². The molecule has 4 rings (SSSR count). The number of piperidine rings is 1. The van der Waals surface area contributed by atoms with E-state index in [2.05, 4.69) is 60.4 Å². The summed E-state index contributed by atoms with van der Waals surface area (Å²) in [7, 11) is 0. The minimum Gasteiger partial charge on any atom is -0.328 e. The summed E-state index contributed by atoms with van der Waals surface area (Å²) in [6.07, 6.45) is 2.44. The van der Waals surface area contributed by atoms with E-state index < -0.39 is 0 Å². The topological polar surface area (TPSA) is 29.3 Å². The van der Waals surface area contributed by atoms with Crippen molar-refractivity contribution in [3.63, 3.8) is 0 Å². The highest BCUT2D eigenvalue weighted by molar-refractivity contribution is 5.85. The highest BCUT2D eigenvalue weighted by atomic mass is 35.5. The van der Waals surface area contributed by atoms with Gasteiger partial charge in [-0.05, 0) is 61.0 Å². The molecule has 2 aromatic carbocycles. The quantitative estimate of drug-likeness (QED) is 0.893. The molecule has 1 unspecified atom stereocenters. The number of fused-ring (bicyclic) bond motifs is 3. The van der Waals surface area contributed by atoms with Gasteiger partial charge in [0.2, 0.25) is 0 Å². The molecule has 0 amide bonds. The first-order valence-corrected chi connectivity index (χ1v) is 8.43. The number of benzene rings is 2. The van der Waals surface area contributed by atoms with Crippen LogP contribution in [0.2, 0.25) is 0 Å². The van der Waals surface area contributed by atoms with Crippen molar-refractivity contribution in [3.05, 3.63) is 59.7 Å². The predicted molar refractivity (Wildman–Crippen MR) is 98.9 cm³/mol. The highest BCUT2D eigenvalue weighted by Crippen LogP contribution is 2.47. The van der Waals surface area contributed by atoms with Crippen LogP contribution in [0.4, 0.5) is 0 Å². The minimum absolute atomic E-state index is 0. The van der Waals surface area contributed by atoms with Gasteiger partial charge in [-0.3, -0.25) is 4.90 Å². The number of hydrogen-bond acceptors (Lipinski definition) is 2. The van der Waals surface area contributed by atoms with E-state index in [1.165, 1.54) is 35.1 Å². The Hall–Kier alpha value is -1.35. The van der Waals surface area contributed by atoms with Gasteiger partial charge in [0.05, 0.1) is 6.04 Å². The maximum Gasteiger partial charge on any atom is 0.0614 e. The van der Waals surface area contributed by atoms with Crippen LogP contribution >= 0.6 is 12.4 Å². The molecule has 0 saturated carbocycles. The van der Waals surface area contributed by atoms with E-state index in [4.69, 9.17) is 5.73 Å². The van der Waals surface area contributed by atoms with Crippen molar-refractivity contribution in [1.29, 1.82) is 0 Å². The predicted octanol–water partition coefficient (Wildman–Crippen LogP) is 4.24. The molecular formula is C20H25ClN2. The molecule has 1 aliphatic heterocycles. The van der Waals surface area contributed by atoms with E-state index in [9.17, 15) is 0 Å². The second kappa shape index (κ2) is 6.64. The third-order valence-electron chi connectivity index (χ3n) is 5.48. The molecule has 1 atom stereocenters. The molecule has 1 saturated heterocycles. The fourth-order valence-electron chi connectivity index (χ4n) is 4.23. The van der Waals surface area contributed by atoms with Gasteiger partial charge < -0.3 is 5.73 Å². The Morgan fingerprint density at radius 3 is 1.87 bits per heavy atom. The lowest BCUT2D eigenvalue weighted by Gasteiger charge is -2.38. The van der Waals surface area contributed by atoms with E-state index >= 15 is 0 Å². The maximum absolute atomic E-state index is 6.10. The number of nitrogens with two attached hydrogens (primary N) is 1. The monoisotopic (exact) mass is 328 g/mol. The molecule has 2 nitrogen and oxygen atoms in total. The van der Waals surface area contributed by atoms with Crippen LogP contribution in [0.1, 0.15) is 36.9 Å². The molecule has 1 heterocycles. The number of nitrogens with zero attached hydrogens (tertiary/aromatic N) is 1. The van der Waals surface area contributed by atoms with Crippen LogP contribution in [-0.2, 0) is 0 Å². The Kier molecular flexibility index (Phi) is 4.77. The SMILES string of the molecule is CC(N)C1CCN(C2c3ccccc3-c3ccccc32)CC1.Cl. The van der Waals surface area contributed by atoms with Gasteiger partial charge in [0, 0.05) is 6.04 Å². The van der Waals surface area contributed by atoms with E-state index in [1.54, 1.807) is 0 Å². The molecule has 2 aliphatic rings. The zero-order chi connectivity index (χ0) is 15.1. The highest BCUT2D eigenvalue weighted by Gasteiger charge is 2.34. The summed E-state index contributed by atoms with van der Waals surface area (Å²) in [6, 6.07) is 18.5. The van der Waals surface area contributed by atoms with Crippen molar-refractivity contribution in [2.45, 2.75) is 31.8 Å². The molecule has 0 aromatic heterocycles. The third kappa shape index (κ3) is 2.80. The van der Waals surface area contributed by atoms with E-state index in [0.717, 1.165) is 13.1 Å². The van der Waals surface area contributed by atoms with Gasteiger partial charge in [0.15, 0.2) is 0 Å². The molecule has 2 aromatic rings. The lowest BCUT2D eigenvalue weighted by atomic mass is 9.89. The summed E-state index contributed by atoms with van der Waals surface area (Å²) < 4.78 is 0. The molecule has 1 aliphatic carbocycles. The van der Waals surface area contributed by atoms with Crippen molar-refractivity contribution >= 4 is 12.4 Å². The second-order valence-corrected chi connectivity index (χ2v) is 6.81. The Morgan fingerprint density at radius 2 is 1.39 bits per heavy atom. The average molecular weight is 329 g/mol. The van der Waals surface area contributed by atoms with Crippen molar-refractivity contribution in [2.24, 2.45) is 11.7 Å². The summed E-state index contributed by atoms with van der Waals surface area (Å²) >= 11 is 0. The van der Waals surface area contributed by atoms with Gasteiger partial charge in [0.25, 0.3) is 0 Å². The number of rotatable bonds is 2.